The van der Waals surface area contributed by atoms with Crippen LogP contribution in [0.3, 0.4) is 0 Å². The van der Waals surface area contributed by atoms with E-state index in [4.69, 9.17) is 16.3 Å². The van der Waals surface area contributed by atoms with Gasteiger partial charge >= 0.3 is 0 Å². The van der Waals surface area contributed by atoms with Gasteiger partial charge in [0.25, 0.3) is 0 Å². The van der Waals surface area contributed by atoms with Gasteiger partial charge in [0.05, 0.1) is 12.0 Å². The summed E-state index contributed by atoms with van der Waals surface area (Å²) in [5, 5.41) is 0.154. The van der Waals surface area contributed by atoms with Gasteiger partial charge in [-0.05, 0) is 43.2 Å². The number of benzene rings is 2. The van der Waals surface area contributed by atoms with Crippen molar-refractivity contribution >= 4 is 21.6 Å². The van der Waals surface area contributed by atoms with E-state index in [9.17, 15) is 17.2 Å². The molecule has 0 radical (unpaired) electrons. The van der Waals surface area contributed by atoms with Crippen molar-refractivity contribution in [2.45, 2.75) is 30.3 Å². The van der Waals surface area contributed by atoms with Crippen LogP contribution in [-0.2, 0) is 16.6 Å². The molecule has 0 aliphatic heterocycles. The lowest BCUT2D eigenvalue weighted by Crippen LogP contribution is -2.33. The Labute approximate surface area is 150 Å². The fourth-order valence-corrected chi connectivity index (χ4v) is 4.44. The lowest BCUT2D eigenvalue weighted by molar-refractivity contribution is 0.382. The maximum atomic E-state index is 14.1. The lowest BCUT2D eigenvalue weighted by Gasteiger charge is -2.23. The minimum Gasteiger partial charge on any atom is -0.494 e. The van der Waals surface area contributed by atoms with E-state index in [-0.39, 0.29) is 33.8 Å². The third kappa shape index (κ3) is 3.63. The van der Waals surface area contributed by atoms with Gasteiger partial charge in [0, 0.05) is 23.2 Å². The molecular weight excluding hydrogens is 372 g/mol. The molecule has 1 aliphatic rings. The van der Waals surface area contributed by atoms with Gasteiger partial charge in [0.15, 0.2) is 11.6 Å². The molecule has 0 heterocycles. The summed E-state index contributed by atoms with van der Waals surface area (Å²) in [5.41, 5.74) is 0.105. The zero-order chi connectivity index (χ0) is 18.2. The number of sulfonamides is 1. The van der Waals surface area contributed by atoms with E-state index in [1.807, 2.05) is 0 Å². The van der Waals surface area contributed by atoms with Crippen LogP contribution in [0.1, 0.15) is 18.4 Å². The van der Waals surface area contributed by atoms with Gasteiger partial charge in [-0.3, -0.25) is 0 Å². The molecule has 1 fully saturated rings. The third-order valence-corrected chi connectivity index (χ3v) is 6.31. The van der Waals surface area contributed by atoms with Gasteiger partial charge in [-0.2, -0.15) is 4.31 Å². The molecule has 1 aliphatic carbocycles. The highest BCUT2D eigenvalue weighted by molar-refractivity contribution is 7.89. The first kappa shape index (κ1) is 18.1. The maximum Gasteiger partial charge on any atom is 0.243 e. The summed E-state index contributed by atoms with van der Waals surface area (Å²) < 4.78 is 59.9. The molecule has 8 heteroatoms. The molecule has 3 rings (SSSR count). The second-order valence-electron chi connectivity index (χ2n) is 5.78. The molecule has 0 N–H and O–H groups in total. The van der Waals surface area contributed by atoms with Crippen molar-refractivity contribution in [3.05, 3.63) is 58.6 Å². The van der Waals surface area contributed by atoms with Crippen LogP contribution in [0.5, 0.6) is 5.75 Å². The summed E-state index contributed by atoms with van der Waals surface area (Å²) in [5.74, 6) is -1.40. The van der Waals surface area contributed by atoms with Crippen molar-refractivity contribution in [3.8, 4) is 5.75 Å². The molecule has 0 unspecified atom stereocenters. The van der Waals surface area contributed by atoms with Crippen LogP contribution in [0, 0.1) is 11.6 Å². The van der Waals surface area contributed by atoms with Gasteiger partial charge in [0.2, 0.25) is 10.0 Å². The number of hydrogen-bond donors (Lipinski definition) is 0. The van der Waals surface area contributed by atoms with E-state index in [0.29, 0.717) is 12.8 Å². The molecule has 134 valence electrons. The predicted octanol–water partition coefficient (Wildman–Crippen LogP) is 3.98. The average Bonchev–Trinajstić information content (AvgIpc) is 3.39. The Kier molecular flexibility index (Phi) is 4.99. The second-order valence-corrected chi connectivity index (χ2v) is 8.08. The van der Waals surface area contributed by atoms with E-state index in [2.05, 4.69) is 0 Å². The number of rotatable bonds is 6. The largest absolute Gasteiger partial charge is 0.494 e. The van der Waals surface area contributed by atoms with E-state index in [1.165, 1.54) is 41.7 Å². The van der Waals surface area contributed by atoms with Crippen LogP contribution in [-0.4, -0.2) is 25.9 Å². The summed E-state index contributed by atoms with van der Waals surface area (Å²) >= 11 is 6.02. The van der Waals surface area contributed by atoms with Crippen LogP contribution >= 0.6 is 11.6 Å². The highest BCUT2D eigenvalue weighted by atomic mass is 35.5. The molecule has 0 saturated heterocycles. The van der Waals surface area contributed by atoms with Crippen molar-refractivity contribution in [2.75, 3.05) is 7.11 Å². The van der Waals surface area contributed by atoms with E-state index >= 15 is 0 Å². The minimum absolute atomic E-state index is 0.0472. The van der Waals surface area contributed by atoms with Crippen molar-refractivity contribution < 1.29 is 21.9 Å². The van der Waals surface area contributed by atoms with Crippen molar-refractivity contribution in [1.29, 1.82) is 0 Å². The molecule has 1 saturated carbocycles. The normalized spacial score (nSPS) is 14.8. The number of hydrogen-bond acceptors (Lipinski definition) is 3. The van der Waals surface area contributed by atoms with Crippen LogP contribution < -0.4 is 4.74 Å². The van der Waals surface area contributed by atoms with Gasteiger partial charge in [0.1, 0.15) is 5.82 Å². The Morgan fingerprint density at radius 2 is 1.92 bits per heavy atom. The molecule has 0 amide bonds. The number of halogens is 3. The van der Waals surface area contributed by atoms with Crippen molar-refractivity contribution in [3.63, 3.8) is 0 Å². The van der Waals surface area contributed by atoms with E-state index < -0.39 is 21.7 Å². The first-order valence-corrected chi connectivity index (χ1v) is 9.44. The maximum absolute atomic E-state index is 14.1. The molecule has 4 nitrogen and oxygen atoms in total. The van der Waals surface area contributed by atoms with Gasteiger partial charge in [-0.25, -0.2) is 17.2 Å². The zero-order valence-corrected chi connectivity index (χ0v) is 14.9. The van der Waals surface area contributed by atoms with Crippen molar-refractivity contribution in [1.82, 2.24) is 4.31 Å². The monoisotopic (exact) mass is 387 g/mol. The Morgan fingerprint density at radius 1 is 1.20 bits per heavy atom. The molecule has 25 heavy (non-hydrogen) atoms. The van der Waals surface area contributed by atoms with E-state index in [0.717, 1.165) is 6.07 Å². The fourth-order valence-electron chi connectivity index (χ4n) is 2.56. The first-order chi connectivity index (χ1) is 11.8. The van der Waals surface area contributed by atoms with Crippen LogP contribution in [0.2, 0.25) is 5.02 Å². The highest BCUT2D eigenvalue weighted by Gasteiger charge is 2.39. The summed E-state index contributed by atoms with van der Waals surface area (Å²) in [6.45, 7) is -0.202. The molecule has 0 bridgehead atoms. The quantitative estimate of drug-likeness (QED) is 0.753. The molecule has 0 spiro atoms. The minimum atomic E-state index is -4.00. The van der Waals surface area contributed by atoms with Crippen LogP contribution in [0.4, 0.5) is 8.78 Å². The van der Waals surface area contributed by atoms with Crippen LogP contribution in [0.25, 0.3) is 0 Å². The van der Waals surface area contributed by atoms with E-state index in [1.54, 1.807) is 0 Å². The number of nitrogens with zero attached hydrogens (tertiary/aromatic N) is 1. The van der Waals surface area contributed by atoms with Crippen LogP contribution in [0.15, 0.2) is 41.3 Å². The smallest absolute Gasteiger partial charge is 0.243 e. The Morgan fingerprint density at radius 3 is 2.48 bits per heavy atom. The molecular formula is C17H16ClF2NO3S. The predicted molar refractivity (Wildman–Crippen MR) is 90.1 cm³/mol. The summed E-state index contributed by atoms with van der Waals surface area (Å²) in [4.78, 5) is -0.204. The molecule has 2 aromatic carbocycles. The Balaban J connectivity index is 1.99. The van der Waals surface area contributed by atoms with Crippen molar-refractivity contribution in [2.24, 2.45) is 0 Å². The standard InChI is InChI=1S/C17H16ClF2NO3S/c1-24-17-8-7-12(9-16(17)20)25(22,23)21(11-5-6-11)10-13-14(18)3-2-4-15(13)19/h2-4,7-9,11H,5-6,10H2,1H3. The SMILES string of the molecule is COc1ccc(S(=O)(=O)N(Cc2c(F)cccc2Cl)C2CC2)cc1F. The summed E-state index contributed by atoms with van der Waals surface area (Å²) in [6, 6.07) is 7.38. The topological polar surface area (TPSA) is 46.6 Å². The molecule has 2 aromatic rings. The molecule has 0 aromatic heterocycles. The third-order valence-electron chi connectivity index (χ3n) is 4.06. The average molecular weight is 388 g/mol. The number of ether oxygens (including phenoxy) is 1. The van der Waals surface area contributed by atoms with Gasteiger partial charge < -0.3 is 4.74 Å². The fraction of sp³-hybridized carbons (Fsp3) is 0.294. The number of methoxy groups -OCH3 is 1. The summed E-state index contributed by atoms with van der Waals surface area (Å²) in [6.07, 6.45) is 1.34. The zero-order valence-electron chi connectivity index (χ0n) is 13.4. The first-order valence-electron chi connectivity index (χ1n) is 7.63. The lowest BCUT2D eigenvalue weighted by atomic mass is 10.2. The Hall–Kier alpha value is -1.70. The molecule has 0 atom stereocenters. The second kappa shape index (κ2) is 6.90. The van der Waals surface area contributed by atoms with Gasteiger partial charge in [-0.15, -0.1) is 0 Å². The summed E-state index contributed by atoms with van der Waals surface area (Å²) in [7, 11) is -2.71. The van der Waals surface area contributed by atoms with Gasteiger partial charge in [-0.1, -0.05) is 17.7 Å². The highest BCUT2D eigenvalue weighted by Crippen LogP contribution is 2.35. The Bertz CT molecular complexity index is 881.